The lowest BCUT2D eigenvalue weighted by atomic mass is 10.0. The molecule has 0 bridgehead atoms. The van der Waals surface area contributed by atoms with Crippen LogP contribution in [0, 0.1) is 23.2 Å². The number of nitriles is 1. The van der Waals surface area contributed by atoms with Crippen molar-refractivity contribution in [2.24, 2.45) is 0 Å². The van der Waals surface area contributed by atoms with Gasteiger partial charge in [-0.3, -0.25) is 0 Å². The van der Waals surface area contributed by atoms with Gasteiger partial charge < -0.3 is 10.2 Å². The molecular formula is C23H17Cl2N3O3. The van der Waals surface area contributed by atoms with Crippen molar-refractivity contribution in [3.05, 3.63) is 69.3 Å². The fraction of sp³-hybridized carbons (Fsp3) is 0.174. The molecule has 3 rings (SSSR count). The molecule has 0 amide bonds. The summed E-state index contributed by atoms with van der Waals surface area (Å²) in [5, 5.41) is 32.9. The molecule has 8 heteroatoms. The first-order valence-electron chi connectivity index (χ1n) is 9.34. The first-order valence-corrected chi connectivity index (χ1v) is 10.1. The molecule has 0 saturated carbocycles. The molecule has 2 aromatic carbocycles. The Morgan fingerprint density at radius 3 is 2.48 bits per heavy atom. The highest BCUT2D eigenvalue weighted by Crippen LogP contribution is 2.33. The molecule has 31 heavy (non-hydrogen) atoms. The summed E-state index contributed by atoms with van der Waals surface area (Å²) in [4.78, 5) is 11.7. The molecule has 2 N–H and O–H groups in total. The molecule has 0 aliphatic rings. The summed E-state index contributed by atoms with van der Waals surface area (Å²) in [6.45, 7) is -0.511. The second-order valence-electron chi connectivity index (χ2n) is 6.54. The number of unbranched alkanes of at least 4 members (excludes halogenated alkanes) is 2. The highest BCUT2D eigenvalue weighted by atomic mass is 35.5. The van der Waals surface area contributed by atoms with E-state index in [0.717, 1.165) is 12.0 Å². The van der Waals surface area contributed by atoms with Crippen molar-refractivity contribution in [1.29, 1.82) is 5.26 Å². The van der Waals surface area contributed by atoms with Crippen LogP contribution in [-0.2, 0) is 6.61 Å². The topological polar surface area (TPSA) is 99.1 Å². The molecule has 0 atom stereocenters. The number of rotatable bonds is 6. The Morgan fingerprint density at radius 1 is 1.13 bits per heavy atom. The van der Waals surface area contributed by atoms with E-state index in [2.05, 4.69) is 23.0 Å². The maximum Gasteiger partial charge on any atom is 0.356 e. The molecule has 6 nitrogen and oxygen atoms in total. The van der Waals surface area contributed by atoms with Gasteiger partial charge in [0.05, 0.1) is 29.1 Å². The summed E-state index contributed by atoms with van der Waals surface area (Å²) in [6.07, 6.45) is 1.83. The number of aliphatic hydroxyl groups excluding tert-OH is 1. The Hall–Kier alpha value is -3.29. The first-order chi connectivity index (χ1) is 15.0. The zero-order chi connectivity index (χ0) is 22.4. The Morgan fingerprint density at radius 2 is 1.87 bits per heavy atom. The number of aliphatic hydroxyl groups is 1. The summed E-state index contributed by atoms with van der Waals surface area (Å²) in [5.74, 6) is 4.80. The zero-order valence-electron chi connectivity index (χ0n) is 16.3. The van der Waals surface area contributed by atoms with Gasteiger partial charge in [0.15, 0.2) is 5.69 Å². The zero-order valence-corrected chi connectivity index (χ0v) is 17.8. The summed E-state index contributed by atoms with van der Waals surface area (Å²) >= 11 is 12.3. The van der Waals surface area contributed by atoms with Gasteiger partial charge >= 0.3 is 5.97 Å². The van der Waals surface area contributed by atoms with Crippen molar-refractivity contribution < 1.29 is 15.0 Å². The number of carbonyl (C=O) groups is 1. The Balaban J connectivity index is 2.07. The van der Waals surface area contributed by atoms with Gasteiger partial charge in [0, 0.05) is 34.6 Å². The van der Waals surface area contributed by atoms with Gasteiger partial charge in [-0.05, 0) is 36.8 Å². The van der Waals surface area contributed by atoms with Crippen molar-refractivity contribution in [1.82, 2.24) is 9.78 Å². The molecule has 156 valence electrons. The van der Waals surface area contributed by atoms with Crippen LogP contribution in [0.4, 0.5) is 0 Å². The van der Waals surface area contributed by atoms with E-state index in [4.69, 9.17) is 28.5 Å². The van der Waals surface area contributed by atoms with Crippen LogP contribution in [-0.4, -0.2) is 26.0 Å². The van der Waals surface area contributed by atoms with Gasteiger partial charge in [0.1, 0.15) is 0 Å². The Bertz CT molecular complexity index is 1220. The lowest BCUT2D eigenvalue weighted by Gasteiger charge is -2.11. The van der Waals surface area contributed by atoms with Crippen LogP contribution < -0.4 is 0 Å². The molecule has 0 saturated heterocycles. The molecule has 0 spiro atoms. The van der Waals surface area contributed by atoms with Crippen molar-refractivity contribution >= 4 is 29.2 Å². The maximum absolute atomic E-state index is 11.7. The number of carboxylic acid groups (broad SMARTS) is 1. The number of carboxylic acids is 1. The van der Waals surface area contributed by atoms with Crippen LogP contribution in [0.3, 0.4) is 0 Å². The van der Waals surface area contributed by atoms with Gasteiger partial charge in [-0.1, -0.05) is 47.2 Å². The second kappa shape index (κ2) is 10.1. The number of benzene rings is 2. The standard InChI is InChI=1S/C23H17Cl2N3O3/c24-17-10-11-20(19(25)13-17)28-22(18(14-29)21(27-28)23(30)31)16-8-6-15(7-9-16)5-3-1-2-4-12-26/h6-11,13,29H,1-2,4,14H2,(H,30,31). The lowest BCUT2D eigenvalue weighted by Crippen LogP contribution is -2.03. The van der Waals surface area contributed by atoms with Gasteiger partial charge in [-0.25, -0.2) is 9.48 Å². The van der Waals surface area contributed by atoms with Gasteiger partial charge in [0.2, 0.25) is 0 Å². The Kier molecular flexibility index (Phi) is 7.33. The Labute approximate surface area is 189 Å². The normalized spacial score (nSPS) is 10.3. The summed E-state index contributed by atoms with van der Waals surface area (Å²) in [5.41, 5.74) is 2.19. The average Bonchev–Trinajstić information content (AvgIpc) is 3.13. The average molecular weight is 454 g/mol. The number of hydrogen-bond donors (Lipinski definition) is 2. The van der Waals surface area contributed by atoms with Crippen LogP contribution in [0.2, 0.25) is 10.0 Å². The van der Waals surface area contributed by atoms with Crippen LogP contribution in [0.25, 0.3) is 16.9 Å². The van der Waals surface area contributed by atoms with Crippen LogP contribution in [0.1, 0.15) is 40.9 Å². The van der Waals surface area contributed by atoms with Crippen LogP contribution in [0.5, 0.6) is 0 Å². The fourth-order valence-electron chi connectivity index (χ4n) is 3.03. The van der Waals surface area contributed by atoms with E-state index < -0.39 is 12.6 Å². The quantitative estimate of drug-likeness (QED) is 0.400. The van der Waals surface area contributed by atoms with Gasteiger partial charge in [-0.2, -0.15) is 10.4 Å². The molecule has 3 aromatic rings. The number of nitrogens with zero attached hydrogens (tertiary/aromatic N) is 3. The van der Waals surface area contributed by atoms with Gasteiger partial charge in [-0.15, -0.1) is 0 Å². The number of halogens is 2. The van der Waals surface area contributed by atoms with Crippen molar-refractivity contribution in [2.45, 2.75) is 25.9 Å². The molecule has 0 fully saturated rings. The SMILES string of the molecule is N#CCCCC#Cc1ccc(-c2c(CO)c(C(=O)O)nn2-c2ccc(Cl)cc2Cl)cc1. The minimum Gasteiger partial charge on any atom is -0.476 e. The second-order valence-corrected chi connectivity index (χ2v) is 7.38. The molecule has 1 heterocycles. The largest absolute Gasteiger partial charge is 0.476 e. The highest BCUT2D eigenvalue weighted by Gasteiger charge is 2.25. The lowest BCUT2D eigenvalue weighted by molar-refractivity contribution is 0.0686. The summed E-state index contributed by atoms with van der Waals surface area (Å²) < 4.78 is 1.40. The molecule has 0 aliphatic heterocycles. The molecule has 1 aromatic heterocycles. The van der Waals surface area contributed by atoms with E-state index in [9.17, 15) is 15.0 Å². The smallest absolute Gasteiger partial charge is 0.356 e. The van der Waals surface area contributed by atoms with Gasteiger partial charge in [0.25, 0.3) is 0 Å². The summed E-state index contributed by atoms with van der Waals surface area (Å²) in [6, 6.07) is 14.0. The summed E-state index contributed by atoms with van der Waals surface area (Å²) in [7, 11) is 0. The first kappa shape index (κ1) is 22.4. The number of aromatic nitrogens is 2. The minimum absolute atomic E-state index is 0.175. The molecule has 0 aliphatic carbocycles. The minimum atomic E-state index is -1.26. The van der Waals surface area contributed by atoms with E-state index in [-0.39, 0.29) is 16.3 Å². The van der Waals surface area contributed by atoms with E-state index in [1.54, 1.807) is 36.4 Å². The van der Waals surface area contributed by atoms with E-state index in [1.807, 2.05) is 0 Å². The maximum atomic E-state index is 11.7. The van der Waals surface area contributed by atoms with Crippen LogP contribution >= 0.6 is 23.2 Å². The molecule has 0 unspecified atom stereocenters. The fourth-order valence-corrected chi connectivity index (χ4v) is 3.52. The molecule has 0 radical (unpaired) electrons. The predicted octanol–water partition coefficient (Wildman–Crippen LogP) is 5.08. The van der Waals surface area contributed by atoms with E-state index >= 15 is 0 Å². The van der Waals surface area contributed by atoms with E-state index in [1.165, 1.54) is 10.7 Å². The third-order valence-corrected chi connectivity index (χ3v) is 5.00. The highest BCUT2D eigenvalue weighted by molar-refractivity contribution is 6.35. The number of hydrogen-bond acceptors (Lipinski definition) is 4. The van der Waals surface area contributed by atoms with E-state index in [0.29, 0.717) is 34.8 Å². The number of aromatic carboxylic acids is 1. The third-order valence-electron chi connectivity index (χ3n) is 4.46. The third kappa shape index (κ3) is 5.07. The monoisotopic (exact) mass is 453 g/mol. The predicted molar refractivity (Wildman–Crippen MR) is 118 cm³/mol. The molecular weight excluding hydrogens is 437 g/mol. The van der Waals surface area contributed by atoms with Crippen molar-refractivity contribution in [2.75, 3.05) is 0 Å². The van der Waals surface area contributed by atoms with Crippen LogP contribution in [0.15, 0.2) is 42.5 Å². The van der Waals surface area contributed by atoms with Crippen molar-refractivity contribution in [3.63, 3.8) is 0 Å². The van der Waals surface area contributed by atoms with Crippen molar-refractivity contribution in [3.8, 4) is 34.9 Å².